The van der Waals surface area contributed by atoms with Crippen molar-refractivity contribution < 1.29 is 14.7 Å². The predicted molar refractivity (Wildman–Crippen MR) is 126 cm³/mol. The molecule has 0 atom stereocenters. The first-order valence-electron chi connectivity index (χ1n) is 11.0. The Labute approximate surface area is 191 Å². The normalized spacial score (nSPS) is 20.2. The van der Waals surface area contributed by atoms with E-state index in [1.54, 1.807) is 36.4 Å². The molecule has 3 aliphatic rings. The van der Waals surface area contributed by atoms with E-state index in [1.807, 2.05) is 72.8 Å². The van der Waals surface area contributed by atoms with Gasteiger partial charge in [0.05, 0.1) is 0 Å². The lowest BCUT2D eigenvalue weighted by Crippen LogP contribution is -2.46. The van der Waals surface area contributed by atoms with Crippen LogP contribution in [0.15, 0.2) is 120 Å². The number of allylic oxidation sites excluding steroid dienone is 1. The highest BCUT2D eigenvalue weighted by Gasteiger charge is 2.55. The van der Waals surface area contributed by atoms with Crippen LogP contribution in [-0.4, -0.2) is 16.7 Å². The van der Waals surface area contributed by atoms with E-state index in [0.29, 0.717) is 27.8 Å². The van der Waals surface area contributed by atoms with E-state index in [1.165, 1.54) is 0 Å². The first-order chi connectivity index (χ1) is 16.1. The number of ketones is 2. The summed E-state index contributed by atoms with van der Waals surface area (Å²) in [6, 6.07) is 33.0. The minimum absolute atomic E-state index is 0.157. The third-order valence-corrected chi connectivity index (χ3v) is 6.79. The maximum atomic E-state index is 14.0. The van der Waals surface area contributed by atoms with Gasteiger partial charge in [-0.2, -0.15) is 0 Å². The Balaban J connectivity index is 1.72. The first-order valence-corrected chi connectivity index (χ1v) is 11.0. The Hall–Kier alpha value is -4.08. The third-order valence-electron chi connectivity index (χ3n) is 6.79. The van der Waals surface area contributed by atoms with E-state index in [0.717, 1.165) is 11.1 Å². The molecule has 0 saturated heterocycles. The highest BCUT2D eigenvalue weighted by Crippen LogP contribution is 2.58. The highest BCUT2D eigenvalue weighted by molar-refractivity contribution is 6.21. The molecule has 0 spiro atoms. The molecule has 4 aromatic carbocycles. The van der Waals surface area contributed by atoms with E-state index >= 15 is 0 Å². The largest absolute Gasteiger partial charge is 0.376 e. The van der Waals surface area contributed by atoms with Crippen molar-refractivity contribution in [3.05, 3.63) is 154 Å². The Morgan fingerprint density at radius 2 is 1.00 bits per heavy atom. The van der Waals surface area contributed by atoms with E-state index in [2.05, 4.69) is 0 Å². The zero-order valence-electron chi connectivity index (χ0n) is 17.7. The Kier molecular flexibility index (Phi) is 4.29. The van der Waals surface area contributed by atoms with Crippen molar-refractivity contribution in [2.24, 2.45) is 0 Å². The smallest absolute Gasteiger partial charge is 0.193 e. The lowest BCUT2D eigenvalue weighted by atomic mass is 9.56. The summed E-state index contributed by atoms with van der Waals surface area (Å²) in [5, 5.41) is 12.4. The molecule has 0 amide bonds. The zero-order chi connectivity index (χ0) is 22.6. The van der Waals surface area contributed by atoms with Crippen LogP contribution < -0.4 is 0 Å². The number of carbonyl (C=O) groups excluding carboxylic acids is 2. The van der Waals surface area contributed by atoms with Gasteiger partial charge in [-0.1, -0.05) is 109 Å². The molecule has 1 N–H and O–H groups in total. The molecular weight excluding hydrogens is 408 g/mol. The molecule has 0 unspecified atom stereocenters. The van der Waals surface area contributed by atoms with Crippen molar-refractivity contribution >= 4 is 11.6 Å². The fraction of sp³-hybridized carbons (Fsp3) is 0.0667. The molecule has 0 heterocycles. The number of carbonyl (C=O) groups is 2. The number of aliphatic hydroxyl groups is 1. The van der Waals surface area contributed by atoms with Gasteiger partial charge in [-0.3, -0.25) is 9.59 Å². The maximum absolute atomic E-state index is 14.0. The Morgan fingerprint density at radius 1 is 0.576 bits per heavy atom. The van der Waals surface area contributed by atoms with Crippen molar-refractivity contribution in [3.63, 3.8) is 0 Å². The summed E-state index contributed by atoms with van der Waals surface area (Å²) >= 11 is 0. The fourth-order valence-electron chi connectivity index (χ4n) is 5.40. The summed E-state index contributed by atoms with van der Waals surface area (Å²) in [4.78, 5) is 28.0. The number of rotatable bonds is 4. The standard InChI is InChI=1S/C30H20O3/c31-28(19-11-3-1-4-12-19)26-25-21-15-7-9-17-23(21)30(33,24-18-10-8-16-22(24)25)27(26)29(32)20-13-5-2-6-14-20/h1-18,25,33H. The van der Waals surface area contributed by atoms with E-state index in [9.17, 15) is 14.7 Å². The molecule has 7 rings (SSSR count). The van der Waals surface area contributed by atoms with Crippen LogP contribution in [0, 0.1) is 0 Å². The van der Waals surface area contributed by atoms with Crippen LogP contribution in [0.3, 0.4) is 0 Å². The van der Waals surface area contributed by atoms with Gasteiger partial charge in [-0.05, 0) is 22.3 Å². The first kappa shape index (κ1) is 19.6. The summed E-state index contributed by atoms with van der Waals surface area (Å²) in [5.41, 5.74) is 2.80. The Bertz CT molecular complexity index is 1400. The molecule has 0 aliphatic heterocycles. The zero-order valence-corrected chi connectivity index (χ0v) is 17.7. The van der Waals surface area contributed by atoms with Gasteiger partial charge in [-0.15, -0.1) is 0 Å². The SMILES string of the molecule is O=C(C1=C(C(=O)c2ccccc2)C2(O)c3ccccc3C1c1ccccc12)c1ccccc1. The lowest BCUT2D eigenvalue weighted by Gasteiger charge is -2.47. The summed E-state index contributed by atoms with van der Waals surface area (Å²) < 4.78 is 0. The molecule has 0 aromatic heterocycles. The van der Waals surface area contributed by atoms with Crippen LogP contribution in [0.1, 0.15) is 48.9 Å². The van der Waals surface area contributed by atoms with Gasteiger partial charge in [0.25, 0.3) is 0 Å². The molecule has 33 heavy (non-hydrogen) atoms. The number of hydrogen-bond donors (Lipinski definition) is 1. The lowest BCUT2D eigenvalue weighted by molar-refractivity contribution is 0.0789. The van der Waals surface area contributed by atoms with Gasteiger partial charge in [0, 0.05) is 28.2 Å². The number of Topliss-reactive ketones (excluding diaryl/α,β-unsaturated/α-hetero) is 2. The van der Waals surface area contributed by atoms with Crippen molar-refractivity contribution in [2.45, 2.75) is 11.5 Å². The molecule has 3 aliphatic carbocycles. The maximum Gasteiger partial charge on any atom is 0.193 e. The van der Waals surface area contributed by atoms with Crippen LogP contribution in [0.5, 0.6) is 0 Å². The Morgan fingerprint density at radius 3 is 1.52 bits per heavy atom. The minimum Gasteiger partial charge on any atom is -0.376 e. The molecular formula is C30H20O3. The van der Waals surface area contributed by atoms with Crippen molar-refractivity contribution in [1.29, 1.82) is 0 Å². The van der Waals surface area contributed by atoms with Crippen molar-refractivity contribution in [2.75, 3.05) is 0 Å². The van der Waals surface area contributed by atoms with Gasteiger partial charge < -0.3 is 5.11 Å². The second kappa shape index (κ2) is 7.22. The van der Waals surface area contributed by atoms with Gasteiger partial charge in [-0.25, -0.2) is 0 Å². The van der Waals surface area contributed by atoms with Gasteiger partial charge in [0.1, 0.15) is 5.60 Å². The second-order valence-corrected chi connectivity index (χ2v) is 8.50. The quantitative estimate of drug-likeness (QED) is 0.440. The molecule has 0 saturated carbocycles. The summed E-state index contributed by atoms with van der Waals surface area (Å²) in [6.07, 6.45) is 0. The van der Waals surface area contributed by atoms with Crippen molar-refractivity contribution in [3.8, 4) is 0 Å². The van der Waals surface area contributed by atoms with Gasteiger partial charge in [0.2, 0.25) is 0 Å². The monoisotopic (exact) mass is 428 g/mol. The number of hydrogen-bond acceptors (Lipinski definition) is 3. The van der Waals surface area contributed by atoms with E-state index < -0.39 is 11.5 Å². The fourth-order valence-corrected chi connectivity index (χ4v) is 5.40. The molecule has 4 aromatic rings. The molecule has 0 radical (unpaired) electrons. The summed E-state index contributed by atoms with van der Waals surface area (Å²) in [7, 11) is 0. The van der Waals surface area contributed by atoms with Crippen LogP contribution in [0.2, 0.25) is 0 Å². The molecule has 3 heteroatoms. The average Bonchev–Trinajstić information content (AvgIpc) is 2.89. The van der Waals surface area contributed by atoms with Gasteiger partial charge >= 0.3 is 0 Å². The molecule has 3 nitrogen and oxygen atoms in total. The van der Waals surface area contributed by atoms with E-state index in [4.69, 9.17) is 0 Å². The molecule has 158 valence electrons. The van der Waals surface area contributed by atoms with E-state index in [-0.39, 0.29) is 17.1 Å². The summed E-state index contributed by atoms with van der Waals surface area (Å²) in [6.45, 7) is 0. The van der Waals surface area contributed by atoms with Gasteiger partial charge in [0.15, 0.2) is 11.6 Å². The van der Waals surface area contributed by atoms with Crippen LogP contribution in [-0.2, 0) is 5.60 Å². The summed E-state index contributed by atoms with van der Waals surface area (Å²) in [5.74, 6) is -0.990. The number of benzene rings is 4. The minimum atomic E-state index is -1.71. The van der Waals surface area contributed by atoms with Crippen LogP contribution in [0.4, 0.5) is 0 Å². The second-order valence-electron chi connectivity index (χ2n) is 8.50. The average molecular weight is 428 g/mol. The predicted octanol–water partition coefficient (Wildman–Crippen LogP) is 5.44. The van der Waals surface area contributed by atoms with Crippen LogP contribution in [0.25, 0.3) is 0 Å². The van der Waals surface area contributed by atoms with Crippen LogP contribution >= 0.6 is 0 Å². The molecule has 2 bridgehead atoms. The topological polar surface area (TPSA) is 54.4 Å². The highest BCUT2D eigenvalue weighted by atomic mass is 16.3. The molecule has 0 fully saturated rings. The third kappa shape index (κ3) is 2.66. The van der Waals surface area contributed by atoms with Crippen molar-refractivity contribution in [1.82, 2.24) is 0 Å².